The molecule has 0 unspecified atom stereocenters. The quantitative estimate of drug-likeness (QED) is 0.850. The largest absolute Gasteiger partial charge is 0.412 e. The van der Waals surface area contributed by atoms with Crippen LogP contribution in [-0.2, 0) is 5.41 Å². The summed E-state index contributed by atoms with van der Waals surface area (Å²) < 4.78 is 5.26. The fourth-order valence-electron chi connectivity index (χ4n) is 3.78. The molecule has 1 fully saturated rings. The van der Waals surface area contributed by atoms with Gasteiger partial charge in [-0.25, -0.2) is 4.79 Å². The van der Waals surface area contributed by atoms with Crippen LogP contribution in [0.15, 0.2) is 18.2 Å². The minimum atomic E-state index is -0.429. The van der Waals surface area contributed by atoms with Gasteiger partial charge in [0, 0.05) is 31.7 Å². The van der Waals surface area contributed by atoms with E-state index in [1.165, 1.54) is 11.3 Å². The summed E-state index contributed by atoms with van der Waals surface area (Å²) in [5.74, 6) is 0.605. The molecule has 0 radical (unpaired) electrons. The first-order valence-corrected chi connectivity index (χ1v) is 6.94. The second-order valence-electron chi connectivity index (χ2n) is 5.95. The Morgan fingerprint density at radius 2 is 2.20 bits per heavy atom. The van der Waals surface area contributed by atoms with Crippen molar-refractivity contribution < 1.29 is 9.53 Å². The van der Waals surface area contributed by atoms with Gasteiger partial charge in [0.1, 0.15) is 5.75 Å². The number of likely N-dealkylation sites (tertiary alicyclic amines) is 1. The van der Waals surface area contributed by atoms with Crippen molar-refractivity contribution in [3.8, 4) is 5.75 Å². The fourth-order valence-corrected chi connectivity index (χ4v) is 3.78. The zero-order valence-electron chi connectivity index (χ0n) is 12.4. The monoisotopic (exact) mass is 277 g/mol. The number of nitrogens with one attached hydrogen (secondary N) is 1. The summed E-state index contributed by atoms with van der Waals surface area (Å²) >= 11 is 0. The van der Waals surface area contributed by atoms with Crippen molar-refractivity contribution in [3.63, 3.8) is 0 Å². The molecule has 0 saturated carbocycles. The topological polar surface area (TPSA) is 44.8 Å². The molecule has 5 nitrogen and oxygen atoms in total. The molecular weight excluding hydrogens is 256 g/mol. The summed E-state index contributed by atoms with van der Waals surface area (Å²) in [6.45, 7) is 3.39. The Kier molecular flexibility index (Phi) is 2.90. The molecule has 1 aromatic carbocycles. The van der Waals surface area contributed by atoms with Crippen LogP contribution >= 0.6 is 0 Å². The van der Waals surface area contributed by atoms with Gasteiger partial charge in [-0.2, -0.15) is 0 Å². The minimum Gasteiger partial charge on any atom is -0.410 e. The van der Waals surface area contributed by atoms with Crippen molar-refractivity contribution >= 4 is 11.8 Å². The van der Waals surface area contributed by atoms with Crippen molar-refractivity contribution in [2.45, 2.75) is 24.9 Å². The summed E-state index contributed by atoms with van der Waals surface area (Å²) in [4.78, 5) is 16.1. The molecule has 0 spiro atoms. The highest BCUT2D eigenvalue weighted by atomic mass is 16.8. The van der Waals surface area contributed by atoms with Gasteiger partial charge in [-0.15, -0.1) is 0 Å². The third kappa shape index (κ3) is 1.69. The van der Waals surface area contributed by atoms with Crippen molar-refractivity contribution in [2.24, 2.45) is 0 Å². The Morgan fingerprint density at radius 3 is 2.90 bits per heavy atom. The van der Waals surface area contributed by atoms with Crippen LogP contribution in [0, 0.1) is 0 Å². The number of rotatable bonds is 1. The van der Waals surface area contributed by atoms with Gasteiger partial charge in [0.25, 0.3) is 0 Å². The number of carbonyl (C=O) groups excluding carboxylic acids is 1. The number of hydrogen-bond donors (Lipinski definition) is 1. The molecule has 1 amide bonds. The average Bonchev–Trinajstić information content (AvgIpc) is 2.85. The van der Waals surface area contributed by atoms with Gasteiger partial charge in [-0.05, 0) is 37.2 Å². The van der Waals surface area contributed by atoms with Crippen LogP contribution in [0.2, 0.25) is 0 Å². The van der Waals surface area contributed by atoms with Crippen molar-refractivity contribution in [3.05, 3.63) is 23.8 Å². The molecule has 0 bridgehead atoms. The molecule has 2 heterocycles. The van der Waals surface area contributed by atoms with E-state index in [4.69, 9.17) is 4.74 Å². The Labute approximate surface area is 119 Å². The smallest absolute Gasteiger partial charge is 0.410 e. The predicted octanol–water partition coefficient (Wildman–Crippen LogP) is 1.77. The summed E-state index contributed by atoms with van der Waals surface area (Å²) in [6.07, 6.45) is 1.07. The summed E-state index contributed by atoms with van der Waals surface area (Å²) in [6, 6.07) is 5.92. The highest BCUT2D eigenvalue weighted by molar-refractivity contribution is 5.72. The van der Waals surface area contributed by atoms with Gasteiger partial charge in [-0.3, -0.25) is 4.90 Å². The van der Waals surface area contributed by atoms with Gasteiger partial charge in [-0.1, -0.05) is 6.92 Å². The highest BCUT2D eigenvalue weighted by Gasteiger charge is 2.52. The van der Waals surface area contributed by atoms with Crippen molar-refractivity contribution in [1.29, 1.82) is 0 Å². The maximum Gasteiger partial charge on any atom is 0.412 e. The molecule has 108 valence electrons. The third-order valence-corrected chi connectivity index (χ3v) is 4.72. The first-order chi connectivity index (χ1) is 9.47. The first-order valence-electron chi connectivity index (χ1n) is 6.94. The Morgan fingerprint density at radius 1 is 1.45 bits per heavy atom. The molecule has 1 aromatic rings. The lowest BCUT2D eigenvalue weighted by atomic mass is 9.81. The zero-order valence-corrected chi connectivity index (χ0v) is 12.4. The molecule has 2 aliphatic rings. The van der Waals surface area contributed by atoms with E-state index in [2.05, 4.69) is 36.1 Å². The van der Waals surface area contributed by atoms with Gasteiger partial charge in [0.05, 0.1) is 6.17 Å². The van der Waals surface area contributed by atoms with Crippen LogP contribution in [0.5, 0.6) is 5.75 Å². The van der Waals surface area contributed by atoms with Crippen LogP contribution in [0.3, 0.4) is 0 Å². The fraction of sp³-hybridized carbons (Fsp3) is 0.533. The molecule has 3 rings (SSSR count). The highest BCUT2D eigenvalue weighted by Crippen LogP contribution is 2.51. The minimum absolute atomic E-state index is 0.0981. The van der Waals surface area contributed by atoms with E-state index < -0.39 is 6.09 Å². The van der Waals surface area contributed by atoms with Crippen LogP contribution in [0.4, 0.5) is 10.5 Å². The average molecular weight is 277 g/mol. The maximum atomic E-state index is 11.4. The van der Waals surface area contributed by atoms with Crippen LogP contribution < -0.4 is 15.0 Å². The van der Waals surface area contributed by atoms with Gasteiger partial charge in [0.15, 0.2) is 0 Å². The number of hydrogen-bond acceptors (Lipinski definition) is 4. The number of benzene rings is 1. The van der Waals surface area contributed by atoms with E-state index in [9.17, 15) is 4.79 Å². The maximum absolute atomic E-state index is 11.4. The summed E-state index contributed by atoms with van der Waals surface area (Å²) in [5.41, 5.74) is 2.60. The Bertz CT molecular complexity index is 560. The third-order valence-electron chi connectivity index (χ3n) is 4.72. The predicted molar refractivity (Wildman–Crippen MR) is 78.3 cm³/mol. The van der Waals surface area contributed by atoms with E-state index in [0.29, 0.717) is 11.9 Å². The number of ether oxygens (including phenoxy) is 1. The molecule has 5 heteroatoms. The van der Waals surface area contributed by atoms with Gasteiger partial charge < -0.3 is 15.0 Å². The SMILES string of the molecule is CN[14C](=O)Oc1ccc2c(c1)[C@]1(C)CCN(C)[C@@H]1N2C. The number of likely N-dealkylation sites (N-methyl/N-ethyl adjacent to an activating group) is 2. The van der Waals surface area contributed by atoms with Crippen LogP contribution in [0.25, 0.3) is 0 Å². The molecule has 1 N–H and O–H groups in total. The second kappa shape index (κ2) is 4.38. The van der Waals surface area contributed by atoms with Crippen molar-refractivity contribution in [2.75, 3.05) is 32.6 Å². The standard InChI is InChI=1S/C15H21N3O2/c1-15-7-8-17(3)13(15)18(4)12-6-5-10(9-11(12)15)20-14(19)16-2/h5-6,9,13H,7-8H2,1-4H3,(H,16,19)/t13-,15+/m1/s1/i14+2. The molecule has 20 heavy (non-hydrogen) atoms. The lowest BCUT2D eigenvalue weighted by molar-refractivity contribution is 0.203. The number of carbonyl (C=O) groups is 1. The Hall–Kier alpha value is -1.75. The second-order valence-corrected chi connectivity index (χ2v) is 5.95. The number of nitrogens with zero attached hydrogens (tertiary/aromatic N) is 2. The van der Waals surface area contributed by atoms with E-state index in [0.717, 1.165) is 13.0 Å². The molecule has 0 aromatic heterocycles. The lowest BCUT2D eigenvalue weighted by Crippen LogP contribution is -2.45. The number of fused-ring (bicyclic) bond motifs is 3. The van der Waals surface area contributed by atoms with Gasteiger partial charge in [0.2, 0.25) is 0 Å². The van der Waals surface area contributed by atoms with E-state index in [1.807, 2.05) is 18.2 Å². The molecule has 0 aliphatic carbocycles. The normalized spacial score (nSPS) is 28.2. The van der Waals surface area contributed by atoms with E-state index in [1.54, 1.807) is 7.05 Å². The Balaban J connectivity index is 2.00. The summed E-state index contributed by atoms with van der Waals surface area (Å²) in [5, 5.41) is 2.47. The number of amides is 1. The lowest BCUT2D eigenvalue weighted by Gasteiger charge is -2.32. The molecule has 2 aliphatic heterocycles. The van der Waals surface area contributed by atoms with Crippen LogP contribution in [-0.4, -0.2) is 44.8 Å². The first kappa shape index (κ1) is 13.2. The molecule has 1 saturated heterocycles. The van der Waals surface area contributed by atoms with E-state index in [-0.39, 0.29) is 5.41 Å². The van der Waals surface area contributed by atoms with E-state index >= 15 is 0 Å². The molecular formula is C15H21N3O2. The summed E-state index contributed by atoms with van der Waals surface area (Å²) in [7, 11) is 5.86. The van der Waals surface area contributed by atoms with Gasteiger partial charge >= 0.3 is 6.09 Å². The van der Waals surface area contributed by atoms with Crippen molar-refractivity contribution in [1.82, 2.24) is 10.2 Å². The molecule has 2 atom stereocenters. The number of anilines is 1. The van der Waals surface area contributed by atoms with Crippen LogP contribution in [0.1, 0.15) is 18.9 Å². The zero-order chi connectivity index (χ0) is 14.5.